The normalized spacial score (nSPS) is 10.9. The van der Waals surface area contributed by atoms with E-state index in [4.69, 9.17) is 18.9 Å². The average Bonchev–Trinajstić information content (AvgIpc) is 2.90. The van der Waals surface area contributed by atoms with E-state index < -0.39 is 41.0 Å². The van der Waals surface area contributed by atoms with Crippen LogP contribution in [0.5, 0.6) is 5.75 Å². The first-order valence-electron chi connectivity index (χ1n) is 11.1. The number of ether oxygens (including phenoxy) is 4. The highest BCUT2D eigenvalue weighted by molar-refractivity contribution is 5.96. The van der Waals surface area contributed by atoms with Crippen LogP contribution in [0.1, 0.15) is 32.0 Å². The molecule has 196 valence electrons. The SMILES string of the molecule is COC(=O)c1c(OCc2ccccc2)c(=O)c(C(=O)NCc2ccc(F)cc2F)cn1CC(OC)OC. The molecule has 0 radical (unpaired) electrons. The molecule has 0 atom stereocenters. The van der Waals surface area contributed by atoms with E-state index in [2.05, 4.69) is 5.32 Å². The van der Waals surface area contributed by atoms with Gasteiger partial charge < -0.3 is 28.8 Å². The van der Waals surface area contributed by atoms with Gasteiger partial charge in [0.2, 0.25) is 5.43 Å². The van der Waals surface area contributed by atoms with Crippen molar-refractivity contribution in [2.75, 3.05) is 21.3 Å². The highest BCUT2D eigenvalue weighted by atomic mass is 19.1. The van der Waals surface area contributed by atoms with Gasteiger partial charge in [-0.1, -0.05) is 36.4 Å². The lowest BCUT2D eigenvalue weighted by molar-refractivity contribution is -0.111. The Balaban J connectivity index is 2.04. The smallest absolute Gasteiger partial charge is 0.358 e. The quantitative estimate of drug-likeness (QED) is 0.309. The zero-order valence-corrected chi connectivity index (χ0v) is 20.5. The van der Waals surface area contributed by atoms with E-state index in [-0.39, 0.29) is 36.5 Å². The number of methoxy groups -OCH3 is 3. The second kappa shape index (κ2) is 12.7. The van der Waals surface area contributed by atoms with E-state index in [1.807, 2.05) is 0 Å². The van der Waals surface area contributed by atoms with Crippen molar-refractivity contribution in [1.82, 2.24) is 9.88 Å². The van der Waals surface area contributed by atoms with Crippen LogP contribution < -0.4 is 15.5 Å². The van der Waals surface area contributed by atoms with Gasteiger partial charge in [0.25, 0.3) is 5.91 Å². The zero-order valence-electron chi connectivity index (χ0n) is 20.5. The fraction of sp³-hybridized carbons (Fsp3) is 0.269. The minimum Gasteiger partial charge on any atom is -0.482 e. The number of carbonyl (C=O) groups excluding carboxylic acids is 2. The van der Waals surface area contributed by atoms with Crippen LogP contribution in [0.25, 0.3) is 0 Å². The number of halogens is 2. The third kappa shape index (κ3) is 6.78. The Morgan fingerprint density at radius 3 is 2.35 bits per heavy atom. The number of pyridine rings is 1. The van der Waals surface area contributed by atoms with Crippen molar-refractivity contribution >= 4 is 11.9 Å². The molecule has 1 amide bonds. The van der Waals surface area contributed by atoms with Gasteiger partial charge in [0.1, 0.15) is 23.8 Å². The number of carbonyl (C=O) groups is 2. The summed E-state index contributed by atoms with van der Waals surface area (Å²) in [6.45, 7) is -0.502. The van der Waals surface area contributed by atoms with Gasteiger partial charge in [-0.3, -0.25) is 9.59 Å². The minimum absolute atomic E-state index is 0.0145. The molecule has 37 heavy (non-hydrogen) atoms. The molecular formula is C26H26F2N2O7. The molecule has 3 rings (SSSR count). The summed E-state index contributed by atoms with van der Waals surface area (Å²) in [5.74, 6) is -3.78. The van der Waals surface area contributed by atoms with Crippen LogP contribution in [0.4, 0.5) is 8.78 Å². The molecule has 1 heterocycles. The molecule has 0 saturated heterocycles. The first kappa shape index (κ1) is 27.5. The lowest BCUT2D eigenvalue weighted by Crippen LogP contribution is -2.34. The summed E-state index contributed by atoms with van der Waals surface area (Å²) in [4.78, 5) is 39.1. The van der Waals surface area contributed by atoms with Crippen molar-refractivity contribution < 1.29 is 37.3 Å². The van der Waals surface area contributed by atoms with Crippen molar-refractivity contribution in [2.45, 2.75) is 26.0 Å². The molecule has 9 nitrogen and oxygen atoms in total. The number of rotatable bonds is 11. The van der Waals surface area contributed by atoms with Crippen molar-refractivity contribution in [2.24, 2.45) is 0 Å². The van der Waals surface area contributed by atoms with E-state index >= 15 is 0 Å². The second-order valence-electron chi connectivity index (χ2n) is 7.79. The lowest BCUT2D eigenvalue weighted by atomic mass is 10.1. The Bertz CT molecular complexity index is 1310. The summed E-state index contributed by atoms with van der Waals surface area (Å²) in [6.07, 6.45) is 0.294. The molecule has 0 fully saturated rings. The number of amides is 1. The van der Waals surface area contributed by atoms with Gasteiger partial charge in [0.15, 0.2) is 17.7 Å². The molecule has 0 aliphatic carbocycles. The van der Waals surface area contributed by atoms with Gasteiger partial charge >= 0.3 is 5.97 Å². The van der Waals surface area contributed by atoms with E-state index in [9.17, 15) is 23.2 Å². The van der Waals surface area contributed by atoms with E-state index in [0.717, 1.165) is 19.4 Å². The highest BCUT2D eigenvalue weighted by Gasteiger charge is 2.27. The number of nitrogens with one attached hydrogen (secondary N) is 1. The molecule has 11 heteroatoms. The predicted molar refractivity (Wildman–Crippen MR) is 128 cm³/mol. The molecule has 1 aromatic heterocycles. The minimum atomic E-state index is -0.883. The monoisotopic (exact) mass is 516 g/mol. The van der Waals surface area contributed by atoms with Crippen LogP contribution in [0.2, 0.25) is 0 Å². The number of hydrogen-bond donors (Lipinski definition) is 1. The van der Waals surface area contributed by atoms with Gasteiger partial charge in [-0.15, -0.1) is 0 Å². The molecule has 0 spiro atoms. The molecule has 3 aromatic rings. The molecule has 0 bridgehead atoms. The van der Waals surface area contributed by atoms with Crippen molar-refractivity contribution in [3.63, 3.8) is 0 Å². The molecule has 0 aliphatic heterocycles. The molecule has 0 saturated carbocycles. The average molecular weight is 516 g/mol. The Hall–Kier alpha value is -4.09. The maximum Gasteiger partial charge on any atom is 0.358 e. The Morgan fingerprint density at radius 2 is 1.73 bits per heavy atom. The van der Waals surface area contributed by atoms with Crippen molar-refractivity contribution in [3.05, 3.63) is 99.0 Å². The Morgan fingerprint density at radius 1 is 1.03 bits per heavy atom. The van der Waals surface area contributed by atoms with Crippen LogP contribution in [-0.4, -0.2) is 44.1 Å². The molecular weight excluding hydrogens is 490 g/mol. The van der Waals surface area contributed by atoms with Gasteiger partial charge in [-0.05, 0) is 11.6 Å². The Labute approximate surface area is 211 Å². The number of nitrogens with zero attached hydrogens (tertiary/aromatic N) is 1. The number of hydrogen-bond acceptors (Lipinski definition) is 7. The van der Waals surface area contributed by atoms with Gasteiger partial charge in [0, 0.05) is 38.6 Å². The first-order chi connectivity index (χ1) is 17.8. The van der Waals surface area contributed by atoms with Crippen molar-refractivity contribution in [3.8, 4) is 5.75 Å². The fourth-order valence-electron chi connectivity index (χ4n) is 3.46. The topological polar surface area (TPSA) is 105 Å². The fourth-order valence-corrected chi connectivity index (χ4v) is 3.46. The first-order valence-corrected chi connectivity index (χ1v) is 11.1. The van der Waals surface area contributed by atoms with Gasteiger partial charge in [0.05, 0.1) is 13.7 Å². The van der Waals surface area contributed by atoms with Crippen LogP contribution >= 0.6 is 0 Å². The number of esters is 1. The summed E-state index contributed by atoms with van der Waals surface area (Å²) >= 11 is 0. The lowest BCUT2D eigenvalue weighted by Gasteiger charge is -2.21. The van der Waals surface area contributed by atoms with Crippen LogP contribution in [0.15, 0.2) is 59.5 Å². The van der Waals surface area contributed by atoms with Crippen LogP contribution in [0, 0.1) is 11.6 Å². The second-order valence-corrected chi connectivity index (χ2v) is 7.79. The predicted octanol–water partition coefficient (Wildman–Crippen LogP) is 3.04. The van der Waals surface area contributed by atoms with Crippen LogP contribution in [-0.2, 0) is 33.9 Å². The maximum atomic E-state index is 14.0. The summed E-state index contributed by atoms with van der Waals surface area (Å²) in [7, 11) is 3.90. The molecule has 0 aliphatic rings. The largest absolute Gasteiger partial charge is 0.482 e. The maximum absolute atomic E-state index is 14.0. The third-order valence-electron chi connectivity index (χ3n) is 5.41. The molecule has 2 aromatic carbocycles. The van der Waals surface area contributed by atoms with Gasteiger partial charge in [-0.25, -0.2) is 13.6 Å². The summed E-state index contributed by atoms with van der Waals surface area (Å²) in [5.41, 5.74) is -0.790. The van der Waals surface area contributed by atoms with Gasteiger partial charge in [-0.2, -0.15) is 0 Å². The highest BCUT2D eigenvalue weighted by Crippen LogP contribution is 2.20. The number of aromatic nitrogens is 1. The molecule has 1 N–H and O–H groups in total. The van der Waals surface area contributed by atoms with E-state index in [1.165, 1.54) is 24.9 Å². The van der Waals surface area contributed by atoms with E-state index in [1.54, 1.807) is 30.3 Å². The van der Waals surface area contributed by atoms with E-state index in [0.29, 0.717) is 11.6 Å². The molecule has 0 unspecified atom stereocenters. The van der Waals surface area contributed by atoms with Crippen molar-refractivity contribution in [1.29, 1.82) is 0 Å². The summed E-state index contributed by atoms with van der Waals surface area (Å²) in [5, 5.41) is 2.44. The summed E-state index contributed by atoms with van der Waals surface area (Å²) < 4.78 is 49.5. The zero-order chi connectivity index (χ0) is 26.9. The standard InChI is InChI=1S/C26H26F2N2O7/c1-34-21(35-2)14-30-13-19(25(32)29-12-17-9-10-18(27)11-20(17)28)23(31)24(22(30)26(33)36-3)37-15-16-7-5-4-6-8-16/h4-11,13,21H,12,14-15H2,1-3H3,(H,29,32). The van der Waals surface area contributed by atoms with Crippen LogP contribution in [0.3, 0.4) is 0 Å². The third-order valence-corrected chi connectivity index (χ3v) is 5.41. The Kier molecular flexibility index (Phi) is 9.47. The number of benzene rings is 2. The summed E-state index contributed by atoms with van der Waals surface area (Å²) in [6, 6.07) is 11.8.